The summed E-state index contributed by atoms with van der Waals surface area (Å²) in [6, 6.07) is 0. The zero-order chi connectivity index (χ0) is 4.99. The van der Waals surface area contributed by atoms with Gasteiger partial charge >= 0.3 is 0 Å². The number of ether oxygens (including phenoxy) is 1. The minimum absolute atomic E-state index is 0.157. The van der Waals surface area contributed by atoms with E-state index in [1.807, 2.05) is 0 Å². The Labute approximate surface area is 38.5 Å². The molecule has 0 atom stereocenters. The van der Waals surface area contributed by atoms with E-state index in [1.165, 1.54) is 7.11 Å². The van der Waals surface area contributed by atoms with E-state index in [-0.39, 0.29) is 5.87 Å². The van der Waals surface area contributed by atoms with Crippen LogP contribution in [0.5, 0.6) is 0 Å². The normalized spacial score (nSPS) is 6.83. The fourth-order valence-electron chi connectivity index (χ4n) is 0.144. The number of hydrogen-bond donors (Lipinski definition) is 0. The average molecular weight is 83.7 g/mol. The molecule has 32 valence electrons. The summed E-state index contributed by atoms with van der Waals surface area (Å²) >= 11 is 0. The van der Waals surface area contributed by atoms with Crippen LogP contribution >= 0.6 is 0 Å². The molecule has 0 aliphatic rings. The van der Waals surface area contributed by atoms with Crippen molar-refractivity contribution in [2.24, 2.45) is 0 Å². The van der Waals surface area contributed by atoms with Crippen molar-refractivity contribution in [3.05, 3.63) is 0 Å². The van der Waals surface area contributed by atoms with Crippen LogP contribution in [-0.2, 0) is 4.74 Å². The molecule has 0 spiro atoms. The van der Waals surface area contributed by atoms with E-state index in [0.29, 0.717) is 7.17 Å². The maximum atomic E-state index is 9.96. The van der Waals surface area contributed by atoms with E-state index in [2.05, 4.69) is 4.74 Å². The van der Waals surface area contributed by atoms with Crippen molar-refractivity contribution in [3.8, 4) is 0 Å². The fraction of sp³-hybridized carbons (Fsp3) is 0.500. The summed E-state index contributed by atoms with van der Waals surface area (Å²) in [5.41, 5.74) is 0. The Hall–Kier alpha value is -0.400. The van der Waals surface area contributed by atoms with Crippen LogP contribution < -0.4 is 0 Å². The number of methoxy groups -OCH3 is 1. The van der Waals surface area contributed by atoms with Crippen LogP contribution in [0.15, 0.2) is 0 Å². The number of carbonyl (C=O) groups is 1. The smallest absolute Gasteiger partial charge is 0.238 e. The van der Waals surface area contributed by atoms with Crippen molar-refractivity contribution in [3.63, 3.8) is 0 Å². The van der Waals surface area contributed by atoms with Gasteiger partial charge in [-0.15, -0.1) is 0 Å². The zero-order valence-corrected chi connectivity index (χ0v) is 4.02. The van der Waals surface area contributed by atoms with Crippen LogP contribution in [0.3, 0.4) is 0 Å². The van der Waals surface area contributed by atoms with Crippen molar-refractivity contribution in [2.45, 2.75) is 0 Å². The first-order valence-corrected chi connectivity index (χ1v) is 1.88. The van der Waals surface area contributed by atoms with Crippen LogP contribution in [-0.4, -0.2) is 27.9 Å². The number of carbonyl (C=O) groups excluding carboxylic acids is 1. The Morgan fingerprint density at radius 3 is 2.50 bits per heavy atom. The molecule has 0 fully saturated rings. The minimum atomic E-state index is -0.157. The van der Waals surface area contributed by atoms with E-state index in [9.17, 15) is 4.79 Å². The molecule has 6 heavy (non-hydrogen) atoms. The van der Waals surface area contributed by atoms with Gasteiger partial charge in [0.15, 0.2) is 0 Å². The molecule has 0 rings (SSSR count). The molecule has 0 aromatic heterocycles. The van der Waals surface area contributed by atoms with Gasteiger partial charge in [0.05, 0.1) is 14.8 Å². The lowest BCUT2D eigenvalue weighted by atomic mass is 9.56. The van der Waals surface area contributed by atoms with Gasteiger partial charge < -0.3 is 4.74 Å². The number of rotatable bonds is 1. The Morgan fingerprint density at radius 1 is 2.00 bits per heavy atom. The molecule has 0 aliphatic heterocycles. The summed E-state index contributed by atoms with van der Waals surface area (Å²) in [6.45, 7) is 0. The Kier molecular flexibility index (Phi) is 2.63. The van der Waals surface area contributed by atoms with Gasteiger partial charge in [0.1, 0.15) is 0 Å². The molecule has 0 saturated carbocycles. The number of hydrogen-bond acceptors (Lipinski definition) is 2. The third-order valence-corrected chi connectivity index (χ3v) is 0.516. The zero-order valence-electron chi connectivity index (χ0n) is 4.02. The maximum absolute atomic E-state index is 9.96. The highest BCUT2D eigenvalue weighted by Gasteiger charge is 1.90. The van der Waals surface area contributed by atoms with Gasteiger partial charge in [0, 0.05) is 0 Å². The van der Waals surface area contributed by atoms with Gasteiger partial charge in [0.25, 0.3) is 0 Å². The molecule has 2 nitrogen and oxygen atoms in total. The van der Waals surface area contributed by atoms with Gasteiger partial charge in [-0.3, -0.25) is 4.79 Å². The third kappa shape index (κ3) is 1.88. The van der Waals surface area contributed by atoms with Crippen LogP contribution in [0.4, 0.5) is 4.79 Å². The molecule has 0 aliphatic carbocycles. The molecule has 0 saturated heterocycles. The summed E-state index contributed by atoms with van der Waals surface area (Å²) in [5.74, 6) is -0.157. The van der Waals surface area contributed by atoms with Crippen molar-refractivity contribution < 1.29 is 9.53 Å². The molecule has 0 N–H and O–H groups in total. The fourth-order valence-corrected chi connectivity index (χ4v) is 0.144. The van der Waals surface area contributed by atoms with Crippen molar-refractivity contribution in [2.75, 3.05) is 7.11 Å². The highest BCUT2D eigenvalue weighted by atomic mass is 16.5. The predicted octanol–water partition coefficient (Wildman–Crippen LogP) is -1.26. The Balaban J connectivity index is 2.99. The van der Waals surface area contributed by atoms with Gasteiger partial charge in [-0.2, -0.15) is 0 Å². The molecule has 0 bridgehead atoms. The lowest BCUT2D eigenvalue weighted by Crippen LogP contribution is -2.07. The monoisotopic (exact) mass is 84.1 g/mol. The molecular weight excluding hydrogens is 77.6 g/mol. The van der Waals surface area contributed by atoms with E-state index >= 15 is 0 Å². The Morgan fingerprint density at radius 2 is 2.50 bits per heavy atom. The van der Waals surface area contributed by atoms with E-state index in [0.717, 1.165) is 0 Å². The highest BCUT2D eigenvalue weighted by molar-refractivity contribution is 7.07. The highest BCUT2D eigenvalue weighted by Crippen LogP contribution is 1.65. The second-order valence-electron chi connectivity index (χ2n) is 0.930. The summed E-state index contributed by atoms with van der Waals surface area (Å²) in [6.07, 6.45) is 0. The van der Waals surface area contributed by atoms with Gasteiger partial charge in [0.2, 0.25) is 13.0 Å². The standard InChI is InChI=1S/C2H6B2O2/c1-6-2(5)4-3/h4H,3H2,1H3. The first kappa shape index (κ1) is 5.60. The van der Waals surface area contributed by atoms with Crippen molar-refractivity contribution in [1.29, 1.82) is 0 Å². The summed E-state index contributed by atoms with van der Waals surface area (Å²) in [7, 11) is 3.61. The second-order valence-corrected chi connectivity index (χ2v) is 0.930. The maximum Gasteiger partial charge on any atom is 0.238 e. The van der Waals surface area contributed by atoms with E-state index in [4.69, 9.17) is 0 Å². The van der Waals surface area contributed by atoms with Crippen LogP contribution in [0.25, 0.3) is 0 Å². The summed E-state index contributed by atoms with van der Waals surface area (Å²) in [5, 5.41) is 0. The summed E-state index contributed by atoms with van der Waals surface area (Å²) < 4.78 is 4.26. The molecule has 0 radical (unpaired) electrons. The SMILES string of the molecule is BBC(=O)OC. The predicted molar refractivity (Wildman–Crippen MR) is 28.1 cm³/mol. The van der Waals surface area contributed by atoms with Gasteiger partial charge in [-0.05, 0) is 0 Å². The first-order chi connectivity index (χ1) is 2.81. The molecule has 4 heteroatoms. The minimum Gasteiger partial charge on any atom is -0.478 e. The molecule has 0 heterocycles. The lowest BCUT2D eigenvalue weighted by Gasteiger charge is -1.86. The Bertz CT molecular complexity index is 47.5. The van der Waals surface area contributed by atoms with E-state index in [1.54, 1.807) is 7.74 Å². The van der Waals surface area contributed by atoms with Gasteiger partial charge in [-0.1, -0.05) is 0 Å². The topological polar surface area (TPSA) is 26.3 Å². The van der Waals surface area contributed by atoms with Crippen LogP contribution in [0, 0.1) is 0 Å². The molecule has 0 unspecified atom stereocenters. The second kappa shape index (κ2) is 2.82. The van der Waals surface area contributed by atoms with Crippen LogP contribution in [0.2, 0.25) is 0 Å². The molecule has 0 aromatic carbocycles. The van der Waals surface area contributed by atoms with E-state index < -0.39 is 0 Å². The molecular formula is C2H6B2O2. The average Bonchev–Trinajstić information content (AvgIpc) is 1.65. The van der Waals surface area contributed by atoms with Crippen molar-refractivity contribution >= 4 is 20.8 Å². The largest absolute Gasteiger partial charge is 0.478 e. The molecule has 0 amide bonds. The molecule has 0 aromatic rings. The third-order valence-electron chi connectivity index (χ3n) is 0.516. The lowest BCUT2D eigenvalue weighted by molar-refractivity contribution is 0.198. The van der Waals surface area contributed by atoms with Crippen LogP contribution in [0.1, 0.15) is 0 Å². The quantitative estimate of drug-likeness (QED) is 0.370. The van der Waals surface area contributed by atoms with Crippen molar-refractivity contribution in [1.82, 2.24) is 0 Å². The first-order valence-electron chi connectivity index (χ1n) is 1.88. The van der Waals surface area contributed by atoms with Gasteiger partial charge in [-0.25, -0.2) is 0 Å². The summed E-state index contributed by atoms with van der Waals surface area (Å²) in [4.78, 5) is 9.96.